The molecule has 0 aromatic heterocycles. The van der Waals surface area contributed by atoms with Crippen molar-refractivity contribution >= 4 is 21.7 Å². The zero-order valence-corrected chi connectivity index (χ0v) is 13.3. The number of carbonyl (C=O) groups excluding carboxylic acids is 1. The van der Waals surface area contributed by atoms with E-state index in [2.05, 4.69) is 27.8 Å². The molecule has 0 unspecified atom stereocenters. The first-order chi connectivity index (χ1) is 9.19. The van der Waals surface area contributed by atoms with Crippen LogP contribution in [0.25, 0.3) is 0 Å². The highest BCUT2D eigenvalue weighted by molar-refractivity contribution is 9.10. The summed E-state index contributed by atoms with van der Waals surface area (Å²) in [6.07, 6.45) is 0.544. The van der Waals surface area contributed by atoms with Crippen LogP contribution in [0.2, 0.25) is 0 Å². The summed E-state index contributed by atoms with van der Waals surface area (Å²) in [5, 5.41) is 0. The van der Waals surface area contributed by atoms with E-state index < -0.39 is 0 Å². The minimum absolute atomic E-state index is 0.183. The van der Waals surface area contributed by atoms with Gasteiger partial charge < -0.3 is 9.64 Å². The van der Waals surface area contributed by atoms with Crippen LogP contribution >= 0.6 is 15.9 Å². The number of likely N-dealkylation sites (N-methyl/N-ethyl adjacent to an activating group) is 1. The minimum Gasteiger partial charge on any atom is -0.380 e. The van der Waals surface area contributed by atoms with E-state index >= 15 is 0 Å². The second-order valence-corrected chi connectivity index (χ2v) is 5.14. The second-order valence-electron chi connectivity index (χ2n) is 4.28. The number of rotatable bonds is 9. The molecule has 3 nitrogen and oxygen atoms in total. The molecule has 0 radical (unpaired) electrons. The van der Waals surface area contributed by atoms with Gasteiger partial charge in [0.2, 0.25) is 0 Å². The molecule has 1 rings (SSSR count). The Balaban J connectivity index is 2.42. The van der Waals surface area contributed by atoms with Gasteiger partial charge in [0.05, 0.1) is 6.61 Å². The molecule has 106 valence electrons. The van der Waals surface area contributed by atoms with Crippen molar-refractivity contribution in [1.29, 1.82) is 0 Å². The molecule has 1 aromatic rings. The van der Waals surface area contributed by atoms with Crippen molar-refractivity contribution < 1.29 is 9.53 Å². The first-order valence-corrected chi connectivity index (χ1v) is 7.56. The molecule has 0 spiro atoms. The molecule has 0 bridgehead atoms. The van der Waals surface area contributed by atoms with Crippen LogP contribution < -0.4 is 0 Å². The average Bonchev–Trinajstić information content (AvgIpc) is 2.43. The molecule has 0 aliphatic rings. The SMILES string of the molecule is CCOCCN(CC)CCC(=O)c1ccccc1Br. The number of halogens is 1. The van der Waals surface area contributed by atoms with E-state index in [-0.39, 0.29) is 5.78 Å². The van der Waals surface area contributed by atoms with Crippen molar-refractivity contribution in [2.75, 3.05) is 32.8 Å². The van der Waals surface area contributed by atoms with Crippen LogP contribution in [-0.4, -0.2) is 43.5 Å². The number of benzene rings is 1. The van der Waals surface area contributed by atoms with E-state index in [0.29, 0.717) is 6.42 Å². The summed E-state index contributed by atoms with van der Waals surface area (Å²) in [6, 6.07) is 7.58. The standard InChI is InChI=1S/C15H22BrNO2/c1-3-17(11-12-19-4-2)10-9-15(18)13-7-5-6-8-14(13)16/h5-8H,3-4,9-12H2,1-2H3. The van der Waals surface area contributed by atoms with Gasteiger partial charge in [-0.15, -0.1) is 0 Å². The molecule has 0 aliphatic heterocycles. The zero-order valence-electron chi connectivity index (χ0n) is 11.7. The van der Waals surface area contributed by atoms with Gasteiger partial charge in [-0.2, -0.15) is 0 Å². The number of hydrogen-bond donors (Lipinski definition) is 0. The number of nitrogens with zero attached hydrogens (tertiary/aromatic N) is 1. The van der Waals surface area contributed by atoms with Crippen molar-refractivity contribution in [1.82, 2.24) is 4.90 Å². The third-order valence-corrected chi connectivity index (χ3v) is 3.72. The molecule has 1 aromatic carbocycles. The number of ether oxygens (including phenoxy) is 1. The molecular weight excluding hydrogens is 306 g/mol. The highest BCUT2D eigenvalue weighted by atomic mass is 79.9. The fourth-order valence-electron chi connectivity index (χ4n) is 1.85. The lowest BCUT2D eigenvalue weighted by atomic mass is 10.1. The Morgan fingerprint density at radius 1 is 1.26 bits per heavy atom. The molecule has 0 saturated heterocycles. The highest BCUT2D eigenvalue weighted by Crippen LogP contribution is 2.17. The van der Waals surface area contributed by atoms with E-state index in [0.717, 1.165) is 42.9 Å². The van der Waals surface area contributed by atoms with Crippen molar-refractivity contribution in [2.24, 2.45) is 0 Å². The lowest BCUT2D eigenvalue weighted by Gasteiger charge is -2.19. The molecule has 19 heavy (non-hydrogen) atoms. The fourth-order valence-corrected chi connectivity index (χ4v) is 2.35. The quantitative estimate of drug-likeness (QED) is 0.514. The third kappa shape index (κ3) is 5.85. The maximum absolute atomic E-state index is 12.1. The Hall–Kier alpha value is -0.710. The van der Waals surface area contributed by atoms with E-state index in [9.17, 15) is 4.79 Å². The third-order valence-electron chi connectivity index (χ3n) is 3.03. The number of hydrogen-bond acceptors (Lipinski definition) is 3. The maximum Gasteiger partial charge on any atom is 0.165 e. The second kappa shape index (κ2) is 9.23. The lowest BCUT2D eigenvalue weighted by molar-refractivity contribution is 0.0929. The van der Waals surface area contributed by atoms with E-state index in [1.165, 1.54) is 0 Å². The Kier molecular flexibility index (Phi) is 7.94. The van der Waals surface area contributed by atoms with E-state index in [4.69, 9.17) is 4.74 Å². The van der Waals surface area contributed by atoms with Gasteiger partial charge in [0, 0.05) is 36.2 Å². The number of Topliss-reactive ketones (excluding diaryl/α,β-unsaturated/α-hetero) is 1. The maximum atomic E-state index is 12.1. The van der Waals surface area contributed by atoms with Gasteiger partial charge in [-0.1, -0.05) is 41.1 Å². The minimum atomic E-state index is 0.183. The smallest absolute Gasteiger partial charge is 0.165 e. The average molecular weight is 328 g/mol. The van der Waals surface area contributed by atoms with Crippen LogP contribution in [0, 0.1) is 0 Å². The predicted octanol–water partition coefficient (Wildman–Crippen LogP) is 3.38. The summed E-state index contributed by atoms with van der Waals surface area (Å²) in [7, 11) is 0. The molecule has 0 atom stereocenters. The van der Waals surface area contributed by atoms with Crippen molar-refractivity contribution in [3.63, 3.8) is 0 Å². The molecule has 0 heterocycles. The van der Waals surface area contributed by atoms with Crippen molar-refractivity contribution in [3.05, 3.63) is 34.3 Å². The lowest BCUT2D eigenvalue weighted by Crippen LogP contribution is -2.29. The van der Waals surface area contributed by atoms with Crippen LogP contribution in [0.4, 0.5) is 0 Å². The van der Waals surface area contributed by atoms with Crippen LogP contribution in [-0.2, 0) is 4.74 Å². The fraction of sp³-hybridized carbons (Fsp3) is 0.533. The van der Waals surface area contributed by atoms with Crippen molar-refractivity contribution in [3.8, 4) is 0 Å². The summed E-state index contributed by atoms with van der Waals surface area (Å²) >= 11 is 3.42. The summed E-state index contributed by atoms with van der Waals surface area (Å²) in [5.41, 5.74) is 0.767. The Morgan fingerprint density at radius 2 is 2.00 bits per heavy atom. The van der Waals surface area contributed by atoms with Gasteiger partial charge in [-0.3, -0.25) is 4.79 Å². The van der Waals surface area contributed by atoms with Crippen LogP contribution in [0.3, 0.4) is 0 Å². The molecule has 4 heteroatoms. The molecule has 0 amide bonds. The van der Waals surface area contributed by atoms with E-state index in [1.807, 2.05) is 31.2 Å². The summed E-state index contributed by atoms with van der Waals surface area (Å²) < 4.78 is 6.21. The molecule has 0 fully saturated rings. The highest BCUT2D eigenvalue weighted by Gasteiger charge is 2.11. The van der Waals surface area contributed by atoms with Crippen LogP contribution in [0.5, 0.6) is 0 Å². The normalized spacial score (nSPS) is 10.9. The molecule has 0 saturated carbocycles. The number of ketones is 1. The molecule has 0 N–H and O–H groups in total. The van der Waals surface area contributed by atoms with Gasteiger partial charge in [0.15, 0.2) is 5.78 Å². The van der Waals surface area contributed by atoms with Crippen molar-refractivity contribution in [2.45, 2.75) is 20.3 Å². The Bertz CT molecular complexity index is 395. The van der Waals surface area contributed by atoms with Crippen LogP contribution in [0.1, 0.15) is 30.6 Å². The predicted molar refractivity (Wildman–Crippen MR) is 81.7 cm³/mol. The zero-order chi connectivity index (χ0) is 14.1. The van der Waals surface area contributed by atoms with E-state index in [1.54, 1.807) is 0 Å². The topological polar surface area (TPSA) is 29.5 Å². The summed E-state index contributed by atoms with van der Waals surface area (Å²) in [4.78, 5) is 14.4. The first-order valence-electron chi connectivity index (χ1n) is 6.76. The van der Waals surface area contributed by atoms with Crippen LogP contribution in [0.15, 0.2) is 28.7 Å². The number of carbonyl (C=O) groups is 1. The van der Waals surface area contributed by atoms with Gasteiger partial charge in [-0.25, -0.2) is 0 Å². The van der Waals surface area contributed by atoms with Gasteiger partial charge in [0.1, 0.15) is 0 Å². The Labute approximate surface area is 124 Å². The summed E-state index contributed by atoms with van der Waals surface area (Å²) in [5.74, 6) is 0.183. The first kappa shape index (κ1) is 16.3. The largest absolute Gasteiger partial charge is 0.380 e. The summed E-state index contributed by atoms with van der Waals surface area (Å²) in [6.45, 7) is 8.18. The molecular formula is C15H22BrNO2. The van der Waals surface area contributed by atoms with Gasteiger partial charge in [-0.05, 0) is 19.5 Å². The van der Waals surface area contributed by atoms with Gasteiger partial charge in [0.25, 0.3) is 0 Å². The molecule has 0 aliphatic carbocycles. The monoisotopic (exact) mass is 327 g/mol. The van der Waals surface area contributed by atoms with Gasteiger partial charge >= 0.3 is 0 Å². The Morgan fingerprint density at radius 3 is 2.63 bits per heavy atom.